The van der Waals surface area contributed by atoms with Crippen LogP contribution in [0.25, 0.3) is 0 Å². The van der Waals surface area contributed by atoms with Crippen molar-refractivity contribution in [2.45, 2.75) is 31.4 Å². The van der Waals surface area contributed by atoms with Crippen LogP contribution in [0.5, 0.6) is 0 Å². The molecule has 0 amide bonds. The number of rotatable bonds is 6. The van der Waals surface area contributed by atoms with Crippen LogP contribution in [0.15, 0.2) is 16.7 Å². The van der Waals surface area contributed by atoms with Crippen molar-refractivity contribution < 1.29 is 13.9 Å². The lowest BCUT2D eigenvalue weighted by Crippen LogP contribution is -2.35. The predicted molar refractivity (Wildman–Crippen MR) is 65.1 cm³/mol. The molecule has 0 radical (unpaired) electrons. The molecule has 0 fully saturated rings. The first kappa shape index (κ1) is 12.6. The second-order valence-electron chi connectivity index (χ2n) is 4.47. The first-order chi connectivity index (χ1) is 8.35. The SMILES string of the molecule is COCC(CNC1CCCc2occc21)OC. The molecule has 17 heavy (non-hydrogen) atoms. The molecule has 0 bridgehead atoms. The number of ether oxygens (including phenoxy) is 2. The van der Waals surface area contributed by atoms with Gasteiger partial charge in [0.15, 0.2) is 0 Å². The molecular formula is C13H21NO3. The molecule has 0 spiro atoms. The van der Waals surface area contributed by atoms with Crippen LogP contribution in [0.2, 0.25) is 0 Å². The Morgan fingerprint density at radius 3 is 3.18 bits per heavy atom. The molecule has 0 aliphatic heterocycles. The van der Waals surface area contributed by atoms with Crippen LogP contribution in [0.3, 0.4) is 0 Å². The Hall–Kier alpha value is -0.840. The molecule has 1 aromatic rings. The first-order valence-corrected chi connectivity index (χ1v) is 6.16. The van der Waals surface area contributed by atoms with E-state index in [1.165, 1.54) is 12.0 Å². The van der Waals surface area contributed by atoms with E-state index in [-0.39, 0.29) is 6.10 Å². The molecule has 0 saturated heterocycles. The van der Waals surface area contributed by atoms with Gasteiger partial charge in [-0.2, -0.15) is 0 Å². The summed E-state index contributed by atoms with van der Waals surface area (Å²) < 4.78 is 15.9. The minimum atomic E-state index is 0.109. The van der Waals surface area contributed by atoms with Crippen LogP contribution in [-0.4, -0.2) is 33.5 Å². The Labute approximate surface area is 102 Å². The summed E-state index contributed by atoms with van der Waals surface area (Å²) in [6.45, 7) is 1.42. The lowest BCUT2D eigenvalue weighted by atomic mass is 9.93. The Balaban J connectivity index is 1.88. The maximum atomic E-state index is 5.47. The van der Waals surface area contributed by atoms with Gasteiger partial charge in [0.1, 0.15) is 5.76 Å². The fraction of sp³-hybridized carbons (Fsp3) is 0.692. The van der Waals surface area contributed by atoms with E-state index >= 15 is 0 Å². The monoisotopic (exact) mass is 239 g/mol. The lowest BCUT2D eigenvalue weighted by molar-refractivity contribution is 0.0269. The summed E-state index contributed by atoms with van der Waals surface area (Å²) in [5.74, 6) is 1.13. The molecule has 1 heterocycles. The van der Waals surface area contributed by atoms with Gasteiger partial charge in [-0.1, -0.05) is 0 Å². The summed E-state index contributed by atoms with van der Waals surface area (Å²) in [6.07, 6.45) is 5.30. The van der Waals surface area contributed by atoms with E-state index in [1.54, 1.807) is 20.5 Å². The number of methoxy groups -OCH3 is 2. The van der Waals surface area contributed by atoms with Crippen LogP contribution < -0.4 is 5.32 Å². The van der Waals surface area contributed by atoms with E-state index in [4.69, 9.17) is 13.9 Å². The third-order valence-electron chi connectivity index (χ3n) is 3.33. The zero-order chi connectivity index (χ0) is 12.1. The number of hydrogen-bond acceptors (Lipinski definition) is 4. The summed E-state index contributed by atoms with van der Waals surface area (Å²) in [4.78, 5) is 0. The van der Waals surface area contributed by atoms with Gasteiger partial charge in [-0.15, -0.1) is 0 Å². The Kier molecular flexibility index (Phi) is 4.59. The smallest absolute Gasteiger partial charge is 0.108 e. The van der Waals surface area contributed by atoms with Crippen molar-refractivity contribution in [3.8, 4) is 0 Å². The average molecular weight is 239 g/mol. The molecule has 4 nitrogen and oxygen atoms in total. The van der Waals surface area contributed by atoms with Crippen molar-refractivity contribution in [1.82, 2.24) is 5.32 Å². The molecule has 2 atom stereocenters. The highest BCUT2D eigenvalue weighted by atomic mass is 16.5. The molecular weight excluding hydrogens is 218 g/mol. The number of fused-ring (bicyclic) bond motifs is 1. The van der Waals surface area contributed by atoms with Crippen LogP contribution in [0.1, 0.15) is 30.2 Å². The normalized spacial score (nSPS) is 21.2. The number of aryl methyl sites for hydroxylation is 1. The first-order valence-electron chi connectivity index (χ1n) is 6.16. The topological polar surface area (TPSA) is 43.6 Å². The maximum Gasteiger partial charge on any atom is 0.108 e. The lowest BCUT2D eigenvalue weighted by Gasteiger charge is -2.25. The molecule has 0 aromatic carbocycles. The largest absolute Gasteiger partial charge is 0.469 e. The molecule has 4 heteroatoms. The van der Waals surface area contributed by atoms with Crippen molar-refractivity contribution in [3.63, 3.8) is 0 Å². The summed E-state index contributed by atoms with van der Waals surface area (Å²) in [5, 5.41) is 3.53. The van der Waals surface area contributed by atoms with Crippen LogP contribution >= 0.6 is 0 Å². The van der Waals surface area contributed by atoms with Gasteiger partial charge in [0.2, 0.25) is 0 Å². The van der Waals surface area contributed by atoms with Gasteiger partial charge in [0.05, 0.1) is 19.0 Å². The van der Waals surface area contributed by atoms with Crippen molar-refractivity contribution in [3.05, 3.63) is 23.7 Å². The van der Waals surface area contributed by atoms with Gasteiger partial charge in [0, 0.05) is 38.8 Å². The van der Waals surface area contributed by atoms with Crippen LogP contribution in [0, 0.1) is 0 Å². The standard InChI is InChI=1S/C13H21NO3/c1-15-9-10(16-2)8-14-12-4-3-5-13-11(12)6-7-17-13/h6-7,10,12,14H,3-5,8-9H2,1-2H3. The van der Waals surface area contributed by atoms with Gasteiger partial charge >= 0.3 is 0 Å². The molecule has 1 aliphatic carbocycles. The molecule has 96 valence electrons. The van der Waals surface area contributed by atoms with Crippen molar-refractivity contribution in [2.24, 2.45) is 0 Å². The minimum absolute atomic E-state index is 0.109. The molecule has 2 rings (SSSR count). The fourth-order valence-electron chi connectivity index (χ4n) is 2.37. The van der Waals surface area contributed by atoms with E-state index < -0.39 is 0 Å². The molecule has 2 unspecified atom stereocenters. The second-order valence-corrected chi connectivity index (χ2v) is 4.47. The van der Waals surface area contributed by atoms with Crippen LogP contribution in [0.4, 0.5) is 0 Å². The van der Waals surface area contributed by atoms with Gasteiger partial charge < -0.3 is 19.2 Å². The average Bonchev–Trinajstić information content (AvgIpc) is 2.83. The van der Waals surface area contributed by atoms with Crippen molar-refractivity contribution in [1.29, 1.82) is 0 Å². The predicted octanol–water partition coefficient (Wildman–Crippen LogP) is 1.91. The molecule has 0 saturated carbocycles. The highest BCUT2D eigenvalue weighted by Gasteiger charge is 2.22. The minimum Gasteiger partial charge on any atom is -0.469 e. The highest BCUT2D eigenvalue weighted by molar-refractivity contribution is 5.23. The molecule has 1 aliphatic rings. The summed E-state index contributed by atoms with van der Waals surface area (Å²) >= 11 is 0. The second kappa shape index (κ2) is 6.19. The highest BCUT2D eigenvalue weighted by Crippen LogP contribution is 2.30. The van der Waals surface area contributed by atoms with E-state index in [9.17, 15) is 0 Å². The Morgan fingerprint density at radius 1 is 1.53 bits per heavy atom. The summed E-state index contributed by atoms with van der Waals surface area (Å²) in [6, 6.07) is 2.47. The van der Waals surface area contributed by atoms with Gasteiger partial charge in [0.25, 0.3) is 0 Å². The molecule has 1 aromatic heterocycles. The van der Waals surface area contributed by atoms with Crippen LogP contribution in [-0.2, 0) is 15.9 Å². The maximum absolute atomic E-state index is 5.47. The van der Waals surface area contributed by atoms with E-state index in [1.807, 2.05) is 0 Å². The zero-order valence-corrected chi connectivity index (χ0v) is 10.6. The number of hydrogen-bond donors (Lipinski definition) is 1. The number of furan rings is 1. The fourth-order valence-corrected chi connectivity index (χ4v) is 2.37. The van der Waals surface area contributed by atoms with Gasteiger partial charge in [-0.3, -0.25) is 0 Å². The summed E-state index contributed by atoms with van der Waals surface area (Å²) in [5.41, 5.74) is 1.31. The summed E-state index contributed by atoms with van der Waals surface area (Å²) in [7, 11) is 3.41. The van der Waals surface area contributed by atoms with E-state index in [0.717, 1.165) is 25.1 Å². The number of nitrogens with one attached hydrogen (secondary N) is 1. The van der Waals surface area contributed by atoms with E-state index in [2.05, 4.69) is 11.4 Å². The van der Waals surface area contributed by atoms with Crippen molar-refractivity contribution in [2.75, 3.05) is 27.4 Å². The van der Waals surface area contributed by atoms with Gasteiger partial charge in [-0.05, 0) is 18.9 Å². The molecule has 1 N–H and O–H groups in total. The van der Waals surface area contributed by atoms with Crippen molar-refractivity contribution >= 4 is 0 Å². The Bertz CT molecular complexity index is 337. The van der Waals surface area contributed by atoms with E-state index in [0.29, 0.717) is 12.6 Å². The third-order valence-corrected chi connectivity index (χ3v) is 3.33. The Morgan fingerprint density at radius 2 is 2.41 bits per heavy atom. The quantitative estimate of drug-likeness (QED) is 0.823. The zero-order valence-electron chi connectivity index (χ0n) is 10.6. The third kappa shape index (κ3) is 3.09. The van der Waals surface area contributed by atoms with Gasteiger partial charge in [-0.25, -0.2) is 0 Å².